The van der Waals surface area contributed by atoms with Gasteiger partial charge in [-0.25, -0.2) is 0 Å². The summed E-state index contributed by atoms with van der Waals surface area (Å²) in [6.45, 7) is 4.81. The third kappa shape index (κ3) is 4.66. The SMILES string of the molecule is CC1(C)CCCCCC(N)CCC1. The van der Waals surface area contributed by atoms with Crippen molar-refractivity contribution in [3.63, 3.8) is 0 Å². The molecule has 13 heavy (non-hydrogen) atoms. The lowest BCUT2D eigenvalue weighted by molar-refractivity contribution is 0.270. The van der Waals surface area contributed by atoms with E-state index in [1.807, 2.05) is 0 Å². The van der Waals surface area contributed by atoms with Gasteiger partial charge >= 0.3 is 0 Å². The van der Waals surface area contributed by atoms with E-state index in [1.165, 1.54) is 51.4 Å². The van der Waals surface area contributed by atoms with Crippen molar-refractivity contribution >= 4 is 0 Å². The zero-order valence-corrected chi connectivity index (χ0v) is 9.31. The van der Waals surface area contributed by atoms with E-state index in [4.69, 9.17) is 5.73 Å². The summed E-state index contributed by atoms with van der Waals surface area (Å²) in [6.07, 6.45) is 10.7. The number of hydrogen-bond donors (Lipinski definition) is 1. The maximum absolute atomic E-state index is 6.01. The van der Waals surface area contributed by atoms with Crippen LogP contribution in [0.4, 0.5) is 0 Å². The summed E-state index contributed by atoms with van der Waals surface area (Å²) in [6, 6.07) is 0.480. The first-order valence-electron chi connectivity index (χ1n) is 5.86. The third-order valence-electron chi connectivity index (χ3n) is 3.36. The van der Waals surface area contributed by atoms with Crippen LogP contribution < -0.4 is 5.73 Å². The second-order valence-electron chi connectivity index (χ2n) is 5.42. The van der Waals surface area contributed by atoms with Gasteiger partial charge < -0.3 is 5.73 Å². The summed E-state index contributed by atoms with van der Waals surface area (Å²) in [4.78, 5) is 0. The van der Waals surface area contributed by atoms with Crippen LogP contribution in [-0.4, -0.2) is 6.04 Å². The Morgan fingerprint density at radius 2 is 1.54 bits per heavy atom. The molecule has 0 radical (unpaired) electrons. The number of nitrogens with two attached hydrogens (primary N) is 1. The molecule has 0 aromatic rings. The maximum Gasteiger partial charge on any atom is 0.00388 e. The third-order valence-corrected chi connectivity index (χ3v) is 3.36. The van der Waals surface area contributed by atoms with Crippen molar-refractivity contribution in [3.05, 3.63) is 0 Å². The molecule has 0 spiro atoms. The summed E-state index contributed by atoms with van der Waals surface area (Å²) >= 11 is 0. The minimum atomic E-state index is 0.480. The highest BCUT2D eigenvalue weighted by Crippen LogP contribution is 2.31. The molecule has 1 unspecified atom stereocenters. The lowest BCUT2D eigenvalue weighted by Gasteiger charge is -2.26. The molecule has 2 N–H and O–H groups in total. The summed E-state index contributed by atoms with van der Waals surface area (Å²) in [7, 11) is 0. The second-order valence-corrected chi connectivity index (χ2v) is 5.42. The van der Waals surface area contributed by atoms with Crippen LogP contribution in [0, 0.1) is 5.41 Å². The fraction of sp³-hybridized carbons (Fsp3) is 1.00. The first-order chi connectivity index (χ1) is 6.10. The van der Waals surface area contributed by atoms with Gasteiger partial charge in [-0.05, 0) is 31.1 Å². The van der Waals surface area contributed by atoms with Gasteiger partial charge in [0.2, 0.25) is 0 Å². The molecule has 0 aromatic carbocycles. The van der Waals surface area contributed by atoms with E-state index in [1.54, 1.807) is 0 Å². The van der Waals surface area contributed by atoms with Crippen LogP contribution in [-0.2, 0) is 0 Å². The van der Waals surface area contributed by atoms with Gasteiger partial charge in [0.15, 0.2) is 0 Å². The minimum absolute atomic E-state index is 0.480. The van der Waals surface area contributed by atoms with Gasteiger partial charge in [0.1, 0.15) is 0 Å². The molecular formula is C12H25N. The van der Waals surface area contributed by atoms with E-state index in [9.17, 15) is 0 Å². The van der Waals surface area contributed by atoms with Gasteiger partial charge in [0.25, 0.3) is 0 Å². The van der Waals surface area contributed by atoms with Gasteiger partial charge in [0.05, 0.1) is 0 Å². The van der Waals surface area contributed by atoms with Crippen molar-refractivity contribution in [2.24, 2.45) is 11.1 Å². The highest BCUT2D eigenvalue weighted by atomic mass is 14.6. The predicted molar refractivity (Wildman–Crippen MR) is 58.7 cm³/mol. The topological polar surface area (TPSA) is 26.0 Å². The van der Waals surface area contributed by atoms with E-state index in [2.05, 4.69) is 13.8 Å². The zero-order valence-electron chi connectivity index (χ0n) is 9.31. The molecule has 1 rings (SSSR count). The first-order valence-corrected chi connectivity index (χ1v) is 5.86. The molecule has 1 fully saturated rings. The Morgan fingerprint density at radius 1 is 0.923 bits per heavy atom. The molecule has 0 amide bonds. The maximum atomic E-state index is 6.01. The Labute approximate surface area is 83.1 Å². The summed E-state index contributed by atoms with van der Waals surface area (Å²) in [5, 5.41) is 0. The Balaban J connectivity index is 2.35. The van der Waals surface area contributed by atoms with Crippen LogP contribution in [0.3, 0.4) is 0 Å². The van der Waals surface area contributed by atoms with E-state index >= 15 is 0 Å². The average Bonchev–Trinajstić information content (AvgIpc) is 2.02. The fourth-order valence-corrected chi connectivity index (χ4v) is 2.30. The van der Waals surface area contributed by atoms with Crippen molar-refractivity contribution in [1.82, 2.24) is 0 Å². The Bertz CT molecular complexity index is 140. The van der Waals surface area contributed by atoms with Crippen molar-refractivity contribution in [3.8, 4) is 0 Å². The first kappa shape index (κ1) is 11.0. The lowest BCUT2D eigenvalue weighted by Crippen LogP contribution is -2.22. The van der Waals surface area contributed by atoms with E-state index in [0.717, 1.165) is 0 Å². The highest BCUT2D eigenvalue weighted by molar-refractivity contribution is 4.72. The smallest absolute Gasteiger partial charge is 0.00388 e. The number of hydrogen-bond acceptors (Lipinski definition) is 1. The highest BCUT2D eigenvalue weighted by Gasteiger charge is 2.18. The molecule has 0 saturated heterocycles. The van der Waals surface area contributed by atoms with Crippen LogP contribution in [0.25, 0.3) is 0 Å². The zero-order chi connectivity index (χ0) is 9.73. The second kappa shape index (κ2) is 4.99. The molecule has 78 valence electrons. The van der Waals surface area contributed by atoms with E-state index in [0.29, 0.717) is 11.5 Å². The van der Waals surface area contributed by atoms with Gasteiger partial charge in [-0.1, -0.05) is 39.5 Å². The summed E-state index contributed by atoms with van der Waals surface area (Å²) in [5.41, 5.74) is 6.58. The standard InChI is InChI=1S/C12H25N/c1-12(2)9-5-3-4-7-11(13)8-6-10-12/h11H,3-10,13H2,1-2H3. The summed E-state index contributed by atoms with van der Waals surface area (Å²) in [5.74, 6) is 0. The molecule has 1 saturated carbocycles. The van der Waals surface area contributed by atoms with Crippen LogP contribution in [0.1, 0.15) is 65.2 Å². The predicted octanol–water partition coefficient (Wildman–Crippen LogP) is 3.47. The van der Waals surface area contributed by atoms with Gasteiger partial charge in [-0.3, -0.25) is 0 Å². The van der Waals surface area contributed by atoms with Crippen molar-refractivity contribution in [1.29, 1.82) is 0 Å². The molecule has 0 heterocycles. The van der Waals surface area contributed by atoms with Crippen LogP contribution >= 0.6 is 0 Å². The fourth-order valence-electron chi connectivity index (χ4n) is 2.30. The molecule has 0 aromatic heterocycles. The molecule has 1 nitrogen and oxygen atoms in total. The van der Waals surface area contributed by atoms with Crippen LogP contribution in [0.2, 0.25) is 0 Å². The Hall–Kier alpha value is -0.0400. The summed E-state index contributed by atoms with van der Waals surface area (Å²) < 4.78 is 0. The largest absolute Gasteiger partial charge is 0.328 e. The van der Waals surface area contributed by atoms with Crippen molar-refractivity contribution in [2.45, 2.75) is 71.3 Å². The molecule has 1 aliphatic rings. The van der Waals surface area contributed by atoms with Crippen molar-refractivity contribution < 1.29 is 0 Å². The van der Waals surface area contributed by atoms with Crippen molar-refractivity contribution in [2.75, 3.05) is 0 Å². The molecule has 1 aliphatic carbocycles. The van der Waals surface area contributed by atoms with Gasteiger partial charge in [0, 0.05) is 6.04 Å². The van der Waals surface area contributed by atoms with Crippen LogP contribution in [0.15, 0.2) is 0 Å². The van der Waals surface area contributed by atoms with Crippen LogP contribution in [0.5, 0.6) is 0 Å². The Morgan fingerprint density at radius 3 is 2.31 bits per heavy atom. The van der Waals surface area contributed by atoms with E-state index in [-0.39, 0.29) is 0 Å². The monoisotopic (exact) mass is 183 g/mol. The average molecular weight is 183 g/mol. The lowest BCUT2D eigenvalue weighted by atomic mass is 9.80. The van der Waals surface area contributed by atoms with Gasteiger partial charge in [-0.2, -0.15) is 0 Å². The minimum Gasteiger partial charge on any atom is -0.328 e. The van der Waals surface area contributed by atoms with Gasteiger partial charge in [-0.15, -0.1) is 0 Å². The molecule has 1 heteroatoms. The molecule has 0 bridgehead atoms. The molecular weight excluding hydrogens is 158 g/mol. The normalized spacial score (nSPS) is 31.2. The van der Waals surface area contributed by atoms with E-state index < -0.39 is 0 Å². The molecule has 0 aliphatic heterocycles. The number of rotatable bonds is 0. The Kier molecular flexibility index (Phi) is 4.24. The quantitative estimate of drug-likeness (QED) is 0.611. The molecule has 1 atom stereocenters.